The van der Waals surface area contributed by atoms with Crippen LogP contribution in [0.25, 0.3) is 0 Å². The number of aromatic nitrogens is 1. The van der Waals surface area contributed by atoms with Crippen molar-refractivity contribution in [1.82, 2.24) is 4.98 Å². The molecule has 0 N–H and O–H groups in total. The second-order valence-corrected chi connectivity index (χ2v) is 4.86. The molecular weight excluding hydrogens is 341 g/mol. The number of nitrogens with zero attached hydrogens (tertiary/aromatic N) is 3. The van der Waals surface area contributed by atoms with Crippen molar-refractivity contribution in [1.29, 1.82) is 5.26 Å². The minimum absolute atomic E-state index is 0.128. The van der Waals surface area contributed by atoms with Crippen LogP contribution in [0.1, 0.15) is 5.56 Å². The molecule has 0 fully saturated rings. The van der Waals surface area contributed by atoms with Gasteiger partial charge in [0.25, 0.3) is 0 Å². The number of nitriles is 1. The van der Waals surface area contributed by atoms with Gasteiger partial charge in [-0.1, -0.05) is 34.8 Å². The summed E-state index contributed by atoms with van der Waals surface area (Å²) < 4.78 is 5.38. The van der Waals surface area contributed by atoms with Crippen LogP contribution in [0.2, 0.25) is 15.2 Å². The Morgan fingerprint density at radius 2 is 2.00 bits per heavy atom. The zero-order valence-corrected chi connectivity index (χ0v) is 12.3. The first kappa shape index (κ1) is 15.3. The van der Waals surface area contributed by atoms with Crippen LogP contribution in [0.4, 0.5) is 5.69 Å². The fraction of sp³-hybridized carbons (Fsp3) is 0. The Morgan fingerprint density at radius 1 is 1.29 bits per heavy atom. The largest absolute Gasteiger partial charge is 0.448 e. The molecule has 0 aliphatic rings. The summed E-state index contributed by atoms with van der Waals surface area (Å²) in [4.78, 5) is 13.9. The molecule has 0 aliphatic carbocycles. The summed E-state index contributed by atoms with van der Waals surface area (Å²) in [7, 11) is 0. The molecule has 1 aromatic carbocycles. The standard InChI is InChI=1S/C12H4Cl3N3O3/c13-8-2-1-7(3-9(8)14)21-11-6(4-16)5-17-12(15)10(11)18(19)20/h1-3,5H. The number of benzene rings is 1. The van der Waals surface area contributed by atoms with Gasteiger partial charge in [-0.15, -0.1) is 0 Å². The van der Waals surface area contributed by atoms with Crippen molar-refractivity contribution < 1.29 is 9.66 Å². The highest BCUT2D eigenvalue weighted by Gasteiger charge is 2.26. The van der Waals surface area contributed by atoms with E-state index >= 15 is 0 Å². The number of ether oxygens (including phenoxy) is 1. The lowest BCUT2D eigenvalue weighted by Crippen LogP contribution is -1.99. The molecule has 0 saturated carbocycles. The number of pyridine rings is 1. The minimum Gasteiger partial charge on any atom is -0.448 e. The summed E-state index contributed by atoms with van der Waals surface area (Å²) in [6.45, 7) is 0. The van der Waals surface area contributed by atoms with Crippen LogP contribution in [-0.2, 0) is 0 Å². The maximum atomic E-state index is 11.1. The van der Waals surface area contributed by atoms with Crippen molar-refractivity contribution in [3.05, 3.63) is 55.3 Å². The number of halogens is 3. The molecule has 0 bridgehead atoms. The molecule has 0 unspecified atom stereocenters. The molecule has 2 rings (SSSR count). The summed E-state index contributed by atoms with van der Waals surface area (Å²) in [6.07, 6.45) is 1.09. The molecule has 0 radical (unpaired) electrons. The maximum Gasteiger partial charge on any atom is 0.349 e. The van der Waals surface area contributed by atoms with Gasteiger partial charge < -0.3 is 4.74 Å². The van der Waals surface area contributed by atoms with E-state index in [2.05, 4.69) is 4.98 Å². The first-order valence-corrected chi connectivity index (χ1v) is 6.43. The molecule has 2 aromatic rings. The van der Waals surface area contributed by atoms with E-state index in [0.717, 1.165) is 6.20 Å². The van der Waals surface area contributed by atoms with Crippen molar-refractivity contribution in [2.24, 2.45) is 0 Å². The predicted octanol–water partition coefficient (Wildman–Crippen LogP) is 4.61. The van der Waals surface area contributed by atoms with Crippen molar-refractivity contribution in [3.8, 4) is 17.6 Å². The Hall–Kier alpha value is -2.07. The third-order valence-electron chi connectivity index (χ3n) is 2.38. The third-order valence-corrected chi connectivity index (χ3v) is 3.39. The van der Waals surface area contributed by atoms with E-state index in [4.69, 9.17) is 44.8 Å². The normalized spacial score (nSPS) is 10.0. The molecule has 6 nitrogen and oxygen atoms in total. The van der Waals surface area contributed by atoms with Crippen LogP contribution >= 0.6 is 34.8 Å². The van der Waals surface area contributed by atoms with Crippen LogP contribution in [0.15, 0.2) is 24.4 Å². The molecular formula is C12H4Cl3N3O3. The van der Waals surface area contributed by atoms with Gasteiger partial charge in [0, 0.05) is 6.07 Å². The third kappa shape index (κ3) is 3.16. The van der Waals surface area contributed by atoms with Crippen LogP contribution in [0, 0.1) is 21.4 Å². The zero-order chi connectivity index (χ0) is 15.6. The van der Waals surface area contributed by atoms with Crippen LogP contribution in [0.5, 0.6) is 11.5 Å². The molecule has 0 spiro atoms. The van der Waals surface area contributed by atoms with Gasteiger partial charge in [-0.2, -0.15) is 5.26 Å². The van der Waals surface area contributed by atoms with Gasteiger partial charge in [0.2, 0.25) is 10.9 Å². The monoisotopic (exact) mass is 343 g/mol. The van der Waals surface area contributed by atoms with E-state index in [0.29, 0.717) is 5.02 Å². The minimum atomic E-state index is -0.775. The van der Waals surface area contributed by atoms with E-state index in [9.17, 15) is 10.1 Å². The van der Waals surface area contributed by atoms with E-state index < -0.39 is 10.6 Å². The fourth-order valence-corrected chi connectivity index (χ4v) is 1.95. The van der Waals surface area contributed by atoms with Crippen LogP contribution in [-0.4, -0.2) is 9.91 Å². The van der Waals surface area contributed by atoms with Gasteiger partial charge in [0.15, 0.2) is 0 Å². The average Bonchev–Trinajstić information content (AvgIpc) is 2.43. The molecule has 0 amide bonds. The Labute approximate surface area is 133 Å². The van der Waals surface area contributed by atoms with E-state index in [1.54, 1.807) is 6.07 Å². The molecule has 1 aromatic heterocycles. The number of hydrogen-bond acceptors (Lipinski definition) is 5. The highest BCUT2D eigenvalue weighted by molar-refractivity contribution is 6.42. The summed E-state index contributed by atoms with van der Waals surface area (Å²) in [5.74, 6) is -0.132. The first-order chi connectivity index (χ1) is 9.93. The Bertz CT molecular complexity index is 774. The summed E-state index contributed by atoms with van der Waals surface area (Å²) in [6, 6.07) is 6.03. The van der Waals surface area contributed by atoms with Gasteiger partial charge in [0.05, 0.1) is 21.2 Å². The van der Waals surface area contributed by atoms with Crippen molar-refractivity contribution >= 4 is 40.5 Å². The van der Waals surface area contributed by atoms with E-state index in [-0.39, 0.29) is 27.2 Å². The molecule has 1 heterocycles. The SMILES string of the molecule is N#Cc1cnc(Cl)c([N+](=O)[O-])c1Oc1ccc(Cl)c(Cl)c1. The predicted molar refractivity (Wildman–Crippen MR) is 77.2 cm³/mol. The topological polar surface area (TPSA) is 89.0 Å². The Kier molecular flexibility index (Phi) is 4.48. The van der Waals surface area contributed by atoms with Gasteiger partial charge >= 0.3 is 5.69 Å². The zero-order valence-electron chi connectivity index (χ0n) is 10.0. The number of rotatable bonds is 3. The summed E-state index contributed by atoms with van der Waals surface area (Å²) >= 11 is 17.3. The molecule has 9 heteroatoms. The Balaban J connectivity index is 2.57. The summed E-state index contributed by atoms with van der Waals surface area (Å²) in [5.41, 5.74) is -0.723. The lowest BCUT2D eigenvalue weighted by Gasteiger charge is -2.09. The fourth-order valence-electron chi connectivity index (χ4n) is 1.46. The second-order valence-electron chi connectivity index (χ2n) is 3.69. The highest BCUT2D eigenvalue weighted by atomic mass is 35.5. The molecule has 21 heavy (non-hydrogen) atoms. The molecule has 106 valence electrons. The van der Waals surface area contributed by atoms with Crippen molar-refractivity contribution in [3.63, 3.8) is 0 Å². The maximum absolute atomic E-state index is 11.1. The lowest BCUT2D eigenvalue weighted by atomic mass is 10.2. The second kappa shape index (κ2) is 6.14. The molecule has 0 atom stereocenters. The van der Waals surface area contributed by atoms with Gasteiger partial charge in [-0.3, -0.25) is 10.1 Å². The van der Waals surface area contributed by atoms with Gasteiger partial charge in [-0.25, -0.2) is 4.98 Å². The first-order valence-electron chi connectivity index (χ1n) is 5.30. The van der Waals surface area contributed by atoms with Gasteiger partial charge in [0.1, 0.15) is 17.4 Å². The summed E-state index contributed by atoms with van der Waals surface area (Å²) in [5, 5.41) is 20.2. The van der Waals surface area contributed by atoms with Crippen LogP contribution < -0.4 is 4.74 Å². The highest BCUT2D eigenvalue weighted by Crippen LogP contribution is 2.39. The molecule has 0 saturated heterocycles. The smallest absolute Gasteiger partial charge is 0.349 e. The van der Waals surface area contributed by atoms with Crippen molar-refractivity contribution in [2.45, 2.75) is 0 Å². The van der Waals surface area contributed by atoms with E-state index in [1.165, 1.54) is 18.2 Å². The van der Waals surface area contributed by atoms with Gasteiger partial charge in [-0.05, 0) is 12.1 Å². The van der Waals surface area contributed by atoms with Crippen LogP contribution in [0.3, 0.4) is 0 Å². The quantitative estimate of drug-likeness (QED) is 0.460. The molecule has 0 aliphatic heterocycles. The number of nitro groups is 1. The van der Waals surface area contributed by atoms with E-state index in [1.807, 2.05) is 0 Å². The Morgan fingerprint density at radius 3 is 2.57 bits per heavy atom. The number of hydrogen-bond donors (Lipinski definition) is 0. The average molecular weight is 345 g/mol. The lowest BCUT2D eigenvalue weighted by molar-refractivity contribution is -0.385. The van der Waals surface area contributed by atoms with Crippen molar-refractivity contribution in [2.75, 3.05) is 0 Å².